The van der Waals surface area contributed by atoms with E-state index in [-0.39, 0.29) is 0 Å². The third kappa shape index (κ3) is 7.40. The van der Waals surface area contributed by atoms with Crippen molar-refractivity contribution in [3.8, 4) is 44.5 Å². The molecule has 0 spiro atoms. The van der Waals surface area contributed by atoms with Gasteiger partial charge in [-0.3, -0.25) is 0 Å². The van der Waals surface area contributed by atoms with Gasteiger partial charge < -0.3 is 9.80 Å². The summed E-state index contributed by atoms with van der Waals surface area (Å²) in [5.41, 5.74) is 15.8. The Morgan fingerprint density at radius 2 is 0.717 bits per heavy atom. The van der Waals surface area contributed by atoms with Gasteiger partial charge >= 0.3 is 0 Å². The highest BCUT2D eigenvalue weighted by Crippen LogP contribution is 2.41. The lowest BCUT2D eigenvalue weighted by Crippen LogP contribution is -2.10. The van der Waals surface area contributed by atoms with E-state index in [2.05, 4.69) is 252 Å². The Morgan fingerprint density at radius 1 is 0.283 bits per heavy atom. The topological polar surface area (TPSA) is 6.48 Å². The predicted octanol–water partition coefficient (Wildman–Crippen LogP) is 16.0. The lowest BCUT2D eigenvalue weighted by molar-refractivity contribution is 1.28. The first kappa shape index (κ1) is 36.2. The summed E-state index contributed by atoms with van der Waals surface area (Å²) >= 11 is 0. The second-order valence-corrected chi connectivity index (χ2v) is 14.8. The molecule has 10 aromatic rings. The minimum absolute atomic E-state index is 1.03. The summed E-state index contributed by atoms with van der Waals surface area (Å²) in [7, 11) is 0. The SMILES string of the molecule is c1cccc(-c2ccc(N(c3ccc(-c4ccccc4)cc3)c3ccc(-c4cccc(-c5ccc(N(c6ccccc6)c6cccc7ccccc67)cc5)c4)cc3)cc2)c#1. The highest BCUT2D eigenvalue weighted by molar-refractivity contribution is 5.99. The molecule has 282 valence electrons. The lowest BCUT2D eigenvalue weighted by Gasteiger charge is -2.27. The third-order valence-electron chi connectivity index (χ3n) is 11.1. The average molecular weight is 765 g/mol. The summed E-state index contributed by atoms with van der Waals surface area (Å²) in [5.74, 6) is 0. The van der Waals surface area contributed by atoms with Gasteiger partial charge in [-0.2, -0.15) is 0 Å². The number of para-hydroxylation sites is 1. The van der Waals surface area contributed by atoms with Crippen LogP contribution in [0.15, 0.2) is 243 Å². The standard InChI is InChI=1S/C58H40N2/c1-4-14-43(15-5-1)45-26-34-53(35-27-45)59(54-36-28-46(29-37-54)44-16-6-2-7-17-44)55-38-30-47(31-39-55)50-20-12-21-51(42-50)48-32-40-56(41-33-48)60(52-22-8-3-9-23-52)58-25-13-19-49-18-10-11-24-57(49)58/h1-6,8-16,18-42H. The van der Waals surface area contributed by atoms with Gasteiger partial charge in [0.25, 0.3) is 0 Å². The zero-order valence-electron chi connectivity index (χ0n) is 33.0. The number of hydrogen-bond acceptors (Lipinski definition) is 2. The molecule has 10 rings (SSSR count). The highest BCUT2D eigenvalue weighted by atomic mass is 15.1. The summed E-state index contributed by atoms with van der Waals surface area (Å²) in [6.07, 6.45) is 0. The highest BCUT2D eigenvalue weighted by Gasteiger charge is 2.17. The molecular formula is C58H40N2. The fraction of sp³-hybridized carbons (Fsp3) is 0. The van der Waals surface area contributed by atoms with E-state index in [9.17, 15) is 0 Å². The molecule has 2 nitrogen and oxygen atoms in total. The van der Waals surface area contributed by atoms with Gasteiger partial charge in [0.05, 0.1) is 5.69 Å². The Bertz CT molecular complexity index is 2890. The van der Waals surface area contributed by atoms with Crippen molar-refractivity contribution >= 4 is 44.9 Å². The van der Waals surface area contributed by atoms with Gasteiger partial charge in [0.15, 0.2) is 0 Å². The van der Waals surface area contributed by atoms with Gasteiger partial charge in [-0.05, 0) is 129 Å². The van der Waals surface area contributed by atoms with Crippen LogP contribution in [0.5, 0.6) is 0 Å². The normalized spacial score (nSPS) is 10.9. The molecule has 2 heteroatoms. The first-order chi connectivity index (χ1) is 29.7. The maximum atomic E-state index is 3.24. The molecule has 0 aliphatic heterocycles. The predicted molar refractivity (Wildman–Crippen MR) is 253 cm³/mol. The summed E-state index contributed by atoms with van der Waals surface area (Å²) in [4.78, 5) is 4.66. The van der Waals surface area contributed by atoms with Crippen LogP contribution in [0.3, 0.4) is 0 Å². The number of benzene rings is 9. The van der Waals surface area contributed by atoms with Gasteiger partial charge in [-0.25, -0.2) is 0 Å². The van der Waals surface area contributed by atoms with Crippen molar-refractivity contribution in [2.24, 2.45) is 0 Å². The second kappa shape index (κ2) is 16.4. The van der Waals surface area contributed by atoms with Crippen LogP contribution in [-0.2, 0) is 0 Å². The van der Waals surface area contributed by atoms with Crippen LogP contribution < -0.4 is 9.80 Å². The first-order valence-electron chi connectivity index (χ1n) is 20.3. The molecule has 10 aromatic carbocycles. The Kier molecular flexibility index (Phi) is 9.90. The van der Waals surface area contributed by atoms with Crippen LogP contribution >= 0.6 is 0 Å². The smallest absolute Gasteiger partial charge is 0.0540 e. The van der Waals surface area contributed by atoms with Crippen LogP contribution in [0.4, 0.5) is 34.1 Å². The molecule has 0 saturated heterocycles. The van der Waals surface area contributed by atoms with Crippen LogP contribution in [0.1, 0.15) is 0 Å². The Morgan fingerprint density at radius 3 is 1.30 bits per heavy atom. The maximum absolute atomic E-state index is 3.24. The van der Waals surface area contributed by atoms with Crippen LogP contribution in [0.2, 0.25) is 0 Å². The molecule has 0 radical (unpaired) electrons. The van der Waals surface area contributed by atoms with Gasteiger partial charge in [-0.15, -0.1) is 0 Å². The van der Waals surface area contributed by atoms with Crippen LogP contribution in [0.25, 0.3) is 55.3 Å². The van der Waals surface area contributed by atoms with Crippen molar-refractivity contribution in [3.05, 3.63) is 255 Å². The van der Waals surface area contributed by atoms with Gasteiger partial charge in [0.1, 0.15) is 0 Å². The molecule has 0 unspecified atom stereocenters. The molecule has 0 aliphatic rings. The van der Waals surface area contributed by atoms with E-state index in [1.807, 2.05) is 12.1 Å². The van der Waals surface area contributed by atoms with Gasteiger partial charge in [0, 0.05) is 39.4 Å². The quantitative estimate of drug-likeness (QED) is 0.137. The Balaban J connectivity index is 0.952. The average Bonchev–Trinajstić information content (AvgIpc) is 3.34. The largest absolute Gasteiger partial charge is 0.311 e. The first-order valence-corrected chi connectivity index (χ1v) is 20.3. The molecule has 0 atom stereocenters. The second-order valence-electron chi connectivity index (χ2n) is 14.8. The summed E-state index contributed by atoms with van der Waals surface area (Å²) in [6, 6.07) is 92.7. The zero-order chi connectivity index (χ0) is 40.1. The lowest BCUT2D eigenvalue weighted by atomic mass is 9.98. The summed E-state index contributed by atoms with van der Waals surface area (Å²) in [6.45, 7) is 0. The Hall–Kier alpha value is -8.12. The van der Waals surface area contributed by atoms with Crippen molar-refractivity contribution in [1.82, 2.24) is 0 Å². The van der Waals surface area contributed by atoms with Crippen molar-refractivity contribution in [3.63, 3.8) is 0 Å². The van der Waals surface area contributed by atoms with E-state index in [1.54, 1.807) is 0 Å². The van der Waals surface area contributed by atoms with Crippen molar-refractivity contribution < 1.29 is 0 Å². The van der Waals surface area contributed by atoms with E-state index in [0.717, 1.165) is 50.8 Å². The fourth-order valence-corrected chi connectivity index (χ4v) is 8.08. The molecule has 0 aromatic heterocycles. The fourth-order valence-electron chi connectivity index (χ4n) is 8.08. The van der Waals surface area contributed by atoms with E-state index in [1.165, 1.54) is 38.6 Å². The Labute approximate surface area is 352 Å². The molecular weight excluding hydrogens is 725 g/mol. The van der Waals surface area contributed by atoms with Gasteiger partial charge in [0.2, 0.25) is 0 Å². The van der Waals surface area contributed by atoms with Crippen molar-refractivity contribution in [1.29, 1.82) is 0 Å². The number of rotatable bonds is 10. The van der Waals surface area contributed by atoms with Crippen LogP contribution in [-0.4, -0.2) is 0 Å². The van der Waals surface area contributed by atoms with Crippen molar-refractivity contribution in [2.75, 3.05) is 9.80 Å². The van der Waals surface area contributed by atoms with Crippen molar-refractivity contribution in [2.45, 2.75) is 0 Å². The molecule has 0 heterocycles. The molecule has 0 fully saturated rings. The molecule has 0 saturated carbocycles. The minimum Gasteiger partial charge on any atom is -0.311 e. The number of anilines is 6. The summed E-state index contributed by atoms with van der Waals surface area (Å²) < 4.78 is 0. The molecule has 0 amide bonds. The van der Waals surface area contributed by atoms with E-state index in [0.29, 0.717) is 0 Å². The van der Waals surface area contributed by atoms with E-state index < -0.39 is 0 Å². The molecule has 0 N–H and O–H groups in total. The maximum Gasteiger partial charge on any atom is 0.0540 e. The summed E-state index contributed by atoms with van der Waals surface area (Å²) in [5, 5.41) is 2.44. The number of nitrogens with zero attached hydrogens (tertiary/aromatic N) is 2. The third-order valence-corrected chi connectivity index (χ3v) is 11.1. The number of fused-ring (bicyclic) bond motifs is 1. The molecule has 0 aliphatic carbocycles. The van der Waals surface area contributed by atoms with Gasteiger partial charge in [-0.1, -0.05) is 170 Å². The van der Waals surface area contributed by atoms with E-state index >= 15 is 0 Å². The minimum atomic E-state index is 1.03. The molecule has 60 heavy (non-hydrogen) atoms. The zero-order valence-corrected chi connectivity index (χ0v) is 33.0. The van der Waals surface area contributed by atoms with Crippen LogP contribution in [0, 0.1) is 12.1 Å². The van der Waals surface area contributed by atoms with E-state index in [4.69, 9.17) is 0 Å². The molecule has 0 bridgehead atoms. The monoisotopic (exact) mass is 764 g/mol. The number of hydrogen-bond donors (Lipinski definition) is 0.